The molecule has 100 valence electrons. The molecule has 1 aliphatic carbocycles. The number of piperazine rings is 1. The van der Waals surface area contributed by atoms with Crippen molar-refractivity contribution >= 4 is 0 Å². The highest BCUT2D eigenvalue weighted by Gasteiger charge is 2.45. The van der Waals surface area contributed by atoms with Gasteiger partial charge in [-0.3, -0.25) is 4.90 Å². The number of aryl methyl sites for hydroxylation is 1. The number of aromatic nitrogens is 2. The minimum absolute atomic E-state index is 0.317. The SMILES string of the molecule is CC1CNC(C)(C2CC2)CN1Cc1nccn1C. The van der Waals surface area contributed by atoms with E-state index in [-0.39, 0.29) is 0 Å². The van der Waals surface area contributed by atoms with Crippen LogP contribution in [-0.2, 0) is 13.6 Å². The van der Waals surface area contributed by atoms with Gasteiger partial charge in [-0.25, -0.2) is 4.98 Å². The highest BCUT2D eigenvalue weighted by molar-refractivity contribution is 5.04. The van der Waals surface area contributed by atoms with Gasteiger partial charge in [-0.05, 0) is 32.6 Å². The summed E-state index contributed by atoms with van der Waals surface area (Å²) in [6, 6.07) is 0.591. The third kappa shape index (κ3) is 2.19. The van der Waals surface area contributed by atoms with E-state index in [0.29, 0.717) is 11.6 Å². The largest absolute Gasteiger partial charge is 0.337 e. The summed E-state index contributed by atoms with van der Waals surface area (Å²) < 4.78 is 2.13. The van der Waals surface area contributed by atoms with Crippen molar-refractivity contribution in [2.24, 2.45) is 13.0 Å². The molecule has 2 unspecified atom stereocenters. The molecule has 2 atom stereocenters. The van der Waals surface area contributed by atoms with Crippen LogP contribution in [-0.4, -0.2) is 39.1 Å². The lowest BCUT2D eigenvalue weighted by Crippen LogP contribution is -2.63. The number of rotatable bonds is 3. The summed E-state index contributed by atoms with van der Waals surface area (Å²) in [6.45, 7) is 7.90. The zero-order valence-corrected chi connectivity index (χ0v) is 11.7. The Morgan fingerprint density at radius 2 is 2.28 bits per heavy atom. The zero-order chi connectivity index (χ0) is 12.8. The first-order valence-electron chi connectivity index (χ1n) is 7.04. The van der Waals surface area contributed by atoms with Gasteiger partial charge in [0.05, 0.1) is 6.54 Å². The number of hydrogen-bond donors (Lipinski definition) is 1. The molecule has 2 heterocycles. The topological polar surface area (TPSA) is 33.1 Å². The van der Waals surface area contributed by atoms with E-state index in [1.807, 2.05) is 12.4 Å². The molecule has 18 heavy (non-hydrogen) atoms. The maximum absolute atomic E-state index is 4.45. The molecule has 1 aromatic heterocycles. The minimum Gasteiger partial charge on any atom is -0.337 e. The van der Waals surface area contributed by atoms with E-state index in [1.54, 1.807) is 0 Å². The van der Waals surface area contributed by atoms with Gasteiger partial charge >= 0.3 is 0 Å². The lowest BCUT2D eigenvalue weighted by molar-refractivity contribution is 0.0741. The third-order valence-electron chi connectivity index (χ3n) is 4.70. The molecule has 2 fully saturated rings. The van der Waals surface area contributed by atoms with Crippen LogP contribution in [0.15, 0.2) is 12.4 Å². The highest BCUT2D eigenvalue weighted by Crippen LogP contribution is 2.41. The second-order valence-electron chi connectivity index (χ2n) is 6.28. The summed E-state index contributed by atoms with van der Waals surface area (Å²) in [6.07, 6.45) is 6.72. The predicted molar refractivity (Wildman–Crippen MR) is 72.2 cm³/mol. The average molecular weight is 248 g/mol. The van der Waals surface area contributed by atoms with E-state index in [4.69, 9.17) is 0 Å². The summed E-state index contributed by atoms with van der Waals surface area (Å²) in [5, 5.41) is 3.76. The van der Waals surface area contributed by atoms with Crippen molar-refractivity contribution in [1.82, 2.24) is 19.8 Å². The van der Waals surface area contributed by atoms with Crippen molar-refractivity contribution in [3.05, 3.63) is 18.2 Å². The number of nitrogens with zero attached hydrogens (tertiary/aromatic N) is 3. The van der Waals surface area contributed by atoms with E-state index in [2.05, 4.69) is 40.7 Å². The monoisotopic (exact) mass is 248 g/mol. The molecule has 1 saturated carbocycles. The van der Waals surface area contributed by atoms with Gasteiger partial charge in [0.25, 0.3) is 0 Å². The Labute approximate surface area is 109 Å². The Hall–Kier alpha value is -0.870. The van der Waals surface area contributed by atoms with Gasteiger partial charge in [-0.1, -0.05) is 0 Å². The Morgan fingerprint density at radius 1 is 1.50 bits per heavy atom. The lowest BCUT2D eigenvalue weighted by atomic mass is 9.91. The molecule has 1 aromatic rings. The molecule has 3 rings (SSSR count). The molecule has 2 aliphatic rings. The molecule has 4 heteroatoms. The quantitative estimate of drug-likeness (QED) is 0.877. The Morgan fingerprint density at radius 3 is 2.89 bits per heavy atom. The summed E-state index contributed by atoms with van der Waals surface area (Å²) in [7, 11) is 2.08. The Bertz CT molecular complexity index is 423. The fraction of sp³-hybridized carbons (Fsp3) is 0.786. The van der Waals surface area contributed by atoms with Crippen LogP contribution in [0.1, 0.15) is 32.5 Å². The molecule has 1 N–H and O–H groups in total. The lowest BCUT2D eigenvalue weighted by Gasteiger charge is -2.45. The molecule has 0 spiro atoms. The van der Waals surface area contributed by atoms with Crippen molar-refractivity contribution in [2.45, 2.75) is 44.8 Å². The predicted octanol–water partition coefficient (Wildman–Crippen LogP) is 1.38. The van der Waals surface area contributed by atoms with Crippen molar-refractivity contribution in [2.75, 3.05) is 13.1 Å². The van der Waals surface area contributed by atoms with Crippen LogP contribution in [0.3, 0.4) is 0 Å². The van der Waals surface area contributed by atoms with Crippen LogP contribution in [0.2, 0.25) is 0 Å². The first-order valence-corrected chi connectivity index (χ1v) is 7.04. The second kappa shape index (κ2) is 4.35. The summed E-state index contributed by atoms with van der Waals surface area (Å²) in [5.41, 5.74) is 0.317. The van der Waals surface area contributed by atoms with Crippen molar-refractivity contribution in [1.29, 1.82) is 0 Å². The molecule has 0 radical (unpaired) electrons. The van der Waals surface area contributed by atoms with Crippen molar-refractivity contribution in [3.63, 3.8) is 0 Å². The molecule has 0 amide bonds. The molecule has 1 aliphatic heterocycles. The maximum Gasteiger partial charge on any atom is 0.122 e. The van der Waals surface area contributed by atoms with Gasteiger partial charge in [-0.15, -0.1) is 0 Å². The molecule has 4 nitrogen and oxygen atoms in total. The minimum atomic E-state index is 0.317. The molecule has 0 aromatic carbocycles. The molecule has 1 saturated heterocycles. The number of hydrogen-bond acceptors (Lipinski definition) is 3. The van der Waals surface area contributed by atoms with Gasteiger partial charge in [-0.2, -0.15) is 0 Å². The average Bonchev–Trinajstić information content (AvgIpc) is 3.12. The Balaban J connectivity index is 1.71. The molecular weight excluding hydrogens is 224 g/mol. The number of imidazole rings is 1. The van der Waals surface area contributed by atoms with Crippen LogP contribution < -0.4 is 5.32 Å². The van der Waals surface area contributed by atoms with Crippen LogP contribution in [0.4, 0.5) is 0 Å². The summed E-state index contributed by atoms with van der Waals surface area (Å²) >= 11 is 0. The fourth-order valence-electron chi connectivity index (χ4n) is 3.08. The highest BCUT2D eigenvalue weighted by atomic mass is 15.3. The van der Waals surface area contributed by atoms with Gasteiger partial charge in [0.2, 0.25) is 0 Å². The van der Waals surface area contributed by atoms with E-state index >= 15 is 0 Å². The van der Waals surface area contributed by atoms with Gasteiger partial charge < -0.3 is 9.88 Å². The van der Waals surface area contributed by atoms with Crippen LogP contribution >= 0.6 is 0 Å². The van der Waals surface area contributed by atoms with E-state index in [1.165, 1.54) is 18.7 Å². The maximum atomic E-state index is 4.45. The van der Waals surface area contributed by atoms with E-state index < -0.39 is 0 Å². The normalized spacial score (nSPS) is 33.8. The van der Waals surface area contributed by atoms with Crippen LogP contribution in [0.25, 0.3) is 0 Å². The van der Waals surface area contributed by atoms with Crippen molar-refractivity contribution in [3.8, 4) is 0 Å². The van der Waals surface area contributed by atoms with Gasteiger partial charge in [0, 0.05) is 44.1 Å². The smallest absolute Gasteiger partial charge is 0.122 e. The molecule has 0 bridgehead atoms. The first kappa shape index (κ1) is 12.2. The first-order chi connectivity index (χ1) is 8.58. The van der Waals surface area contributed by atoms with Crippen LogP contribution in [0.5, 0.6) is 0 Å². The third-order valence-corrected chi connectivity index (χ3v) is 4.70. The van der Waals surface area contributed by atoms with Gasteiger partial charge in [0.15, 0.2) is 0 Å². The van der Waals surface area contributed by atoms with Gasteiger partial charge in [0.1, 0.15) is 5.82 Å². The van der Waals surface area contributed by atoms with E-state index in [0.717, 1.165) is 25.6 Å². The second-order valence-corrected chi connectivity index (χ2v) is 6.28. The van der Waals surface area contributed by atoms with Crippen molar-refractivity contribution < 1.29 is 0 Å². The van der Waals surface area contributed by atoms with Crippen LogP contribution in [0, 0.1) is 5.92 Å². The number of nitrogens with one attached hydrogen (secondary N) is 1. The summed E-state index contributed by atoms with van der Waals surface area (Å²) in [5.74, 6) is 2.05. The standard InChI is InChI=1S/C14H24N4/c1-11-8-16-14(2,12-4-5-12)10-18(11)9-13-15-6-7-17(13)3/h6-7,11-12,16H,4-5,8-10H2,1-3H3. The zero-order valence-electron chi connectivity index (χ0n) is 11.7. The Kier molecular flexibility index (Phi) is 2.94. The van der Waals surface area contributed by atoms with E-state index in [9.17, 15) is 0 Å². The molecular formula is C14H24N4. The fourth-order valence-corrected chi connectivity index (χ4v) is 3.08. The summed E-state index contributed by atoms with van der Waals surface area (Å²) in [4.78, 5) is 7.03.